The van der Waals surface area contributed by atoms with E-state index >= 15 is 0 Å². The SMILES string of the molecule is CC(C)Nc1cc(-n2cnc3cnc(NCCO)nc32)ncc1C(=O)NCC(F)C(C)(C)O. The number of carbonyl (C=O) groups is 1. The topological polar surface area (TPSA) is 150 Å². The summed E-state index contributed by atoms with van der Waals surface area (Å²) in [7, 11) is 0. The highest BCUT2D eigenvalue weighted by atomic mass is 19.1. The zero-order valence-corrected chi connectivity index (χ0v) is 19.0. The van der Waals surface area contributed by atoms with Gasteiger partial charge in [-0.3, -0.25) is 9.36 Å². The van der Waals surface area contributed by atoms with Gasteiger partial charge in [-0.2, -0.15) is 4.98 Å². The average Bonchev–Trinajstić information content (AvgIpc) is 3.17. The molecule has 33 heavy (non-hydrogen) atoms. The zero-order chi connectivity index (χ0) is 24.2. The van der Waals surface area contributed by atoms with Gasteiger partial charge < -0.3 is 26.2 Å². The summed E-state index contributed by atoms with van der Waals surface area (Å²) in [4.78, 5) is 30.0. The Morgan fingerprint density at radius 1 is 1.24 bits per heavy atom. The smallest absolute Gasteiger partial charge is 0.255 e. The first-order chi connectivity index (χ1) is 15.6. The molecule has 0 radical (unpaired) electrons. The summed E-state index contributed by atoms with van der Waals surface area (Å²) < 4.78 is 15.7. The maximum atomic E-state index is 14.1. The highest BCUT2D eigenvalue weighted by Gasteiger charge is 2.27. The van der Waals surface area contributed by atoms with Crippen molar-refractivity contribution in [2.24, 2.45) is 0 Å². The highest BCUT2D eigenvalue weighted by molar-refractivity contribution is 5.99. The maximum absolute atomic E-state index is 14.1. The van der Waals surface area contributed by atoms with Gasteiger partial charge in [0, 0.05) is 24.8 Å². The molecule has 0 fully saturated rings. The van der Waals surface area contributed by atoms with Gasteiger partial charge in [-0.1, -0.05) is 0 Å². The van der Waals surface area contributed by atoms with Crippen molar-refractivity contribution >= 4 is 28.7 Å². The quantitative estimate of drug-likeness (QED) is 0.301. The second-order valence-corrected chi connectivity index (χ2v) is 8.39. The molecular weight excluding hydrogens is 431 g/mol. The van der Waals surface area contributed by atoms with Crippen LogP contribution in [-0.2, 0) is 0 Å². The van der Waals surface area contributed by atoms with E-state index in [1.54, 1.807) is 23.2 Å². The summed E-state index contributed by atoms with van der Waals surface area (Å²) in [6, 6.07) is 1.69. The molecule has 3 aromatic heterocycles. The third-order valence-corrected chi connectivity index (χ3v) is 4.72. The van der Waals surface area contributed by atoms with Crippen molar-refractivity contribution in [1.82, 2.24) is 29.8 Å². The standard InChI is InChI=1S/C21H29FN8O3/c1-12(2)28-14-7-17(24-8-13(14)19(32)25-10-16(22)21(3,4)33)30-11-27-15-9-26-20(23-5-6-31)29-18(15)30/h7-9,11-12,16,31,33H,5-6,10H2,1-4H3,(H,24,28)(H,25,32)(H,23,26,29). The van der Waals surface area contributed by atoms with Crippen LogP contribution in [0.4, 0.5) is 16.0 Å². The fraction of sp³-hybridized carbons (Fsp3) is 0.476. The number of aliphatic hydroxyl groups is 2. The normalized spacial score (nSPS) is 12.7. The molecule has 0 saturated carbocycles. The number of hydrogen-bond acceptors (Lipinski definition) is 9. The van der Waals surface area contributed by atoms with Gasteiger partial charge >= 0.3 is 0 Å². The van der Waals surface area contributed by atoms with E-state index in [1.165, 1.54) is 20.0 Å². The largest absolute Gasteiger partial charge is 0.395 e. The van der Waals surface area contributed by atoms with E-state index in [2.05, 4.69) is 35.9 Å². The molecule has 0 aliphatic carbocycles. The van der Waals surface area contributed by atoms with Gasteiger partial charge in [-0.15, -0.1) is 0 Å². The average molecular weight is 461 g/mol. The molecule has 0 aliphatic heterocycles. The van der Waals surface area contributed by atoms with Gasteiger partial charge in [0.05, 0.1) is 36.2 Å². The van der Waals surface area contributed by atoms with Crippen LogP contribution in [-0.4, -0.2) is 78.1 Å². The number of amides is 1. The van der Waals surface area contributed by atoms with Crippen LogP contribution in [0, 0.1) is 0 Å². The van der Waals surface area contributed by atoms with Gasteiger partial charge in [0.1, 0.15) is 23.8 Å². The molecule has 5 N–H and O–H groups in total. The molecule has 1 amide bonds. The molecule has 0 spiro atoms. The second kappa shape index (κ2) is 10.0. The number of fused-ring (bicyclic) bond motifs is 1. The molecular formula is C21H29FN8O3. The second-order valence-electron chi connectivity index (χ2n) is 8.39. The number of nitrogens with one attached hydrogen (secondary N) is 3. The summed E-state index contributed by atoms with van der Waals surface area (Å²) in [5, 5.41) is 27.4. The van der Waals surface area contributed by atoms with Gasteiger partial charge in [-0.05, 0) is 27.7 Å². The van der Waals surface area contributed by atoms with Crippen molar-refractivity contribution in [3.05, 3.63) is 30.4 Å². The Morgan fingerprint density at radius 2 is 2.00 bits per heavy atom. The van der Waals surface area contributed by atoms with Gasteiger partial charge in [0.15, 0.2) is 5.65 Å². The van der Waals surface area contributed by atoms with E-state index in [4.69, 9.17) is 5.11 Å². The van der Waals surface area contributed by atoms with E-state index in [9.17, 15) is 14.3 Å². The Balaban J connectivity index is 1.92. The highest BCUT2D eigenvalue weighted by Crippen LogP contribution is 2.22. The number of aliphatic hydroxyl groups excluding tert-OH is 1. The predicted octanol–water partition coefficient (Wildman–Crippen LogP) is 1.27. The van der Waals surface area contributed by atoms with E-state index < -0.39 is 17.7 Å². The molecule has 1 atom stereocenters. The summed E-state index contributed by atoms with van der Waals surface area (Å²) in [6.45, 7) is 6.44. The number of halogens is 1. The lowest BCUT2D eigenvalue weighted by Crippen LogP contribution is -2.42. The number of anilines is 2. The molecule has 11 nitrogen and oxygen atoms in total. The van der Waals surface area contributed by atoms with E-state index in [-0.39, 0.29) is 24.8 Å². The fourth-order valence-electron chi connectivity index (χ4n) is 2.94. The molecule has 0 bridgehead atoms. The van der Waals surface area contributed by atoms with Crippen molar-refractivity contribution < 1.29 is 19.4 Å². The molecule has 3 rings (SSSR count). The Labute approximate surface area is 190 Å². The molecule has 3 aromatic rings. The van der Waals surface area contributed by atoms with Crippen LogP contribution in [0.5, 0.6) is 0 Å². The molecule has 1 unspecified atom stereocenters. The summed E-state index contributed by atoms with van der Waals surface area (Å²) in [5.74, 6) is 0.281. The number of hydrogen-bond donors (Lipinski definition) is 5. The summed E-state index contributed by atoms with van der Waals surface area (Å²) in [5.41, 5.74) is 0.215. The van der Waals surface area contributed by atoms with Crippen LogP contribution in [0.25, 0.3) is 17.0 Å². The zero-order valence-electron chi connectivity index (χ0n) is 19.0. The van der Waals surface area contributed by atoms with Crippen molar-refractivity contribution in [1.29, 1.82) is 0 Å². The van der Waals surface area contributed by atoms with Crippen LogP contribution >= 0.6 is 0 Å². The van der Waals surface area contributed by atoms with Crippen molar-refractivity contribution in [3.8, 4) is 5.82 Å². The minimum absolute atomic E-state index is 0.00763. The molecule has 178 valence electrons. The lowest BCUT2D eigenvalue weighted by Gasteiger charge is -2.23. The van der Waals surface area contributed by atoms with Gasteiger partial charge in [0.2, 0.25) is 5.95 Å². The molecule has 0 aromatic carbocycles. The third kappa shape index (κ3) is 5.90. The Kier molecular flexibility index (Phi) is 7.39. The van der Waals surface area contributed by atoms with Crippen molar-refractivity contribution in [2.45, 2.75) is 45.5 Å². The first-order valence-corrected chi connectivity index (χ1v) is 10.6. The molecule has 0 aliphatic rings. The summed E-state index contributed by atoms with van der Waals surface area (Å²) in [6.07, 6.45) is 2.88. The molecule has 12 heteroatoms. The van der Waals surface area contributed by atoms with E-state index in [0.717, 1.165) is 0 Å². The van der Waals surface area contributed by atoms with E-state index in [1.807, 2.05) is 13.8 Å². The van der Waals surface area contributed by atoms with Crippen molar-refractivity contribution in [3.63, 3.8) is 0 Å². The summed E-state index contributed by atoms with van der Waals surface area (Å²) >= 11 is 0. The number of imidazole rings is 1. The molecule has 3 heterocycles. The van der Waals surface area contributed by atoms with Crippen LogP contribution in [0.1, 0.15) is 38.1 Å². The Bertz CT molecular complexity index is 1110. The van der Waals surface area contributed by atoms with Crippen LogP contribution in [0.15, 0.2) is 24.8 Å². The number of aromatic nitrogens is 5. The predicted molar refractivity (Wildman–Crippen MR) is 122 cm³/mol. The monoisotopic (exact) mass is 460 g/mol. The number of carbonyl (C=O) groups excluding carboxylic acids is 1. The lowest BCUT2D eigenvalue weighted by molar-refractivity contribution is -0.00177. The number of pyridine rings is 1. The fourth-order valence-corrected chi connectivity index (χ4v) is 2.94. The van der Waals surface area contributed by atoms with Gasteiger partial charge in [-0.25, -0.2) is 19.3 Å². The van der Waals surface area contributed by atoms with Crippen LogP contribution < -0.4 is 16.0 Å². The van der Waals surface area contributed by atoms with Crippen LogP contribution in [0.3, 0.4) is 0 Å². The lowest BCUT2D eigenvalue weighted by atomic mass is 10.0. The maximum Gasteiger partial charge on any atom is 0.255 e. The minimum atomic E-state index is -1.62. The molecule has 0 saturated heterocycles. The Morgan fingerprint density at radius 3 is 2.67 bits per heavy atom. The third-order valence-electron chi connectivity index (χ3n) is 4.72. The van der Waals surface area contributed by atoms with E-state index in [0.29, 0.717) is 35.2 Å². The first kappa shape index (κ1) is 24.3. The van der Waals surface area contributed by atoms with Gasteiger partial charge in [0.25, 0.3) is 5.91 Å². The Hall–Kier alpha value is -3.38. The number of nitrogens with zero attached hydrogens (tertiary/aromatic N) is 5. The van der Waals surface area contributed by atoms with Crippen LogP contribution in [0.2, 0.25) is 0 Å². The number of rotatable bonds is 10. The minimum Gasteiger partial charge on any atom is -0.395 e. The van der Waals surface area contributed by atoms with Crippen molar-refractivity contribution in [2.75, 3.05) is 30.3 Å². The number of alkyl halides is 1. The first-order valence-electron chi connectivity index (χ1n) is 10.6.